The van der Waals surface area contributed by atoms with E-state index in [1.54, 1.807) is 12.4 Å². The molecule has 0 atom stereocenters. The number of pyridine rings is 1. The molecule has 1 fully saturated rings. The van der Waals surface area contributed by atoms with Crippen molar-refractivity contribution in [2.45, 2.75) is 31.2 Å². The zero-order valence-electron chi connectivity index (χ0n) is 11.7. The van der Waals surface area contributed by atoms with Crippen LogP contribution < -0.4 is 5.32 Å². The molecule has 0 spiro atoms. The first-order valence-electron chi connectivity index (χ1n) is 7.14. The standard InChI is InChI=1S/C17H17ClN2O/c18-15-6-4-14(5-7-15)17(9-10-17)20-16(21)8-3-13-2-1-11-19-12-13/h1-2,4-7,11-12H,3,8-10H2,(H,20,21). The summed E-state index contributed by atoms with van der Waals surface area (Å²) in [7, 11) is 0. The van der Waals surface area contributed by atoms with Crippen LogP contribution >= 0.6 is 11.6 Å². The normalized spacial score (nSPS) is 15.5. The van der Waals surface area contributed by atoms with E-state index in [4.69, 9.17) is 11.6 Å². The molecule has 1 heterocycles. The summed E-state index contributed by atoms with van der Waals surface area (Å²) >= 11 is 5.91. The van der Waals surface area contributed by atoms with Crippen molar-refractivity contribution >= 4 is 17.5 Å². The van der Waals surface area contributed by atoms with Crippen LogP contribution in [0.2, 0.25) is 5.02 Å². The molecule has 0 bridgehead atoms. The first kappa shape index (κ1) is 14.1. The number of aromatic nitrogens is 1. The van der Waals surface area contributed by atoms with Gasteiger partial charge in [0.05, 0.1) is 5.54 Å². The SMILES string of the molecule is O=C(CCc1cccnc1)NC1(c2ccc(Cl)cc2)CC1. The molecule has 2 aromatic rings. The number of rotatable bonds is 5. The Hall–Kier alpha value is -1.87. The third-order valence-electron chi connectivity index (χ3n) is 3.89. The summed E-state index contributed by atoms with van der Waals surface area (Å²) < 4.78 is 0. The molecule has 4 heteroatoms. The molecule has 1 aliphatic carbocycles. The molecule has 0 radical (unpaired) electrons. The fraction of sp³-hybridized carbons (Fsp3) is 0.294. The number of benzene rings is 1. The second-order valence-electron chi connectivity index (χ2n) is 5.50. The van der Waals surface area contributed by atoms with Gasteiger partial charge in [-0.05, 0) is 48.6 Å². The number of hydrogen-bond donors (Lipinski definition) is 1. The lowest BCUT2D eigenvalue weighted by molar-refractivity contribution is -0.122. The highest BCUT2D eigenvalue weighted by Crippen LogP contribution is 2.45. The fourth-order valence-electron chi connectivity index (χ4n) is 2.51. The molecule has 0 unspecified atom stereocenters. The van der Waals surface area contributed by atoms with Gasteiger partial charge < -0.3 is 5.32 Å². The van der Waals surface area contributed by atoms with E-state index in [2.05, 4.69) is 10.3 Å². The van der Waals surface area contributed by atoms with Gasteiger partial charge in [-0.3, -0.25) is 9.78 Å². The van der Waals surface area contributed by atoms with Crippen molar-refractivity contribution < 1.29 is 4.79 Å². The van der Waals surface area contributed by atoms with E-state index < -0.39 is 0 Å². The van der Waals surface area contributed by atoms with Gasteiger partial charge >= 0.3 is 0 Å². The van der Waals surface area contributed by atoms with Crippen LogP contribution in [0.4, 0.5) is 0 Å². The molecule has 0 saturated heterocycles. The number of halogens is 1. The molecule has 0 aliphatic heterocycles. The molecule has 1 N–H and O–H groups in total. The largest absolute Gasteiger partial charge is 0.347 e. The number of hydrogen-bond acceptors (Lipinski definition) is 2. The molecule has 1 aliphatic rings. The zero-order valence-corrected chi connectivity index (χ0v) is 12.4. The van der Waals surface area contributed by atoms with Crippen LogP contribution in [0.15, 0.2) is 48.8 Å². The quantitative estimate of drug-likeness (QED) is 0.918. The molecule has 1 saturated carbocycles. The summed E-state index contributed by atoms with van der Waals surface area (Å²) in [6.07, 6.45) is 6.74. The van der Waals surface area contributed by atoms with Gasteiger partial charge in [0.15, 0.2) is 0 Å². The van der Waals surface area contributed by atoms with Gasteiger partial charge in [0, 0.05) is 23.8 Å². The van der Waals surface area contributed by atoms with Crippen LogP contribution in [0.25, 0.3) is 0 Å². The van der Waals surface area contributed by atoms with Gasteiger partial charge in [0.2, 0.25) is 5.91 Å². The van der Waals surface area contributed by atoms with Gasteiger partial charge in [-0.2, -0.15) is 0 Å². The smallest absolute Gasteiger partial charge is 0.221 e. The highest BCUT2D eigenvalue weighted by atomic mass is 35.5. The summed E-state index contributed by atoms with van der Waals surface area (Å²) in [5.74, 6) is 0.0892. The first-order valence-corrected chi connectivity index (χ1v) is 7.52. The van der Waals surface area contributed by atoms with Crippen molar-refractivity contribution in [3.63, 3.8) is 0 Å². The number of nitrogens with one attached hydrogen (secondary N) is 1. The molecule has 3 nitrogen and oxygen atoms in total. The van der Waals surface area contributed by atoms with Crippen LogP contribution in [0.1, 0.15) is 30.4 Å². The lowest BCUT2D eigenvalue weighted by atomic mass is 10.0. The number of amides is 1. The van der Waals surface area contributed by atoms with Crippen molar-refractivity contribution in [1.29, 1.82) is 0 Å². The van der Waals surface area contributed by atoms with Crippen molar-refractivity contribution in [3.05, 3.63) is 64.9 Å². The van der Waals surface area contributed by atoms with Crippen molar-refractivity contribution in [1.82, 2.24) is 10.3 Å². The predicted octanol–water partition coefficient (Wildman–Crippen LogP) is 3.47. The molecule has 3 rings (SSSR count). The Morgan fingerprint density at radius 1 is 1.24 bits per heavy atom. The number of carbonyl (C=O) groups is 1. The summed E-state index contributed by atoms with van der Waals surface area (Å²) in [5.41, 5.74) is 2.06. The monoisotopic (exact) mass is 300 g/mol. The molecular formula is C17H17ClN2O. The maximum atomic E-state index is 12.2. The van der Waals surface area contributed by atoms with E-state index >= 15 is 0 Å². The van der Waals surface area contributed by atoms with E-state index in [0.717, 1.165) is 35.4 Å². The molecule has 1 aromatic carbocycles. The molecule has 21 heavy (non-hydrogen) atoms. The Kier molecular flexibility index (Phi) is 3.93. The number of aryl methyl sites for hydroxylation is 1. The molecule has 108 valence electrons. The van der Waals surface area contributed by atoms with Gasteiger partial charge in [0.25, 0.3) is 0 Å². The Morgan fingerprint density at radius 3 is 2.62 bits per heavy atom. The second-order valence-corrected chi connectivity index (χ2v) is 5.93. The number of nitrogens with zero attached hydrogens (tertiary/aromatic N) is 1. The highest BCUT2D eigenvalue weighted by molar-refractivity contribution is 6.30. The minimum absolute atomic E-state index is 0.0892. The van der Waals surface area contributed by atoms with E-state index in [9.17, 15) is 4.79 Å². The van der Waals surface area contributed by atoms with E-state index in [-0.39, 0.29) is 11.4 Å². The van der Waals surface area contributed by atoms with E-state index in [0.29, 0.717) is 6.42 Å². The summed E-state index contributed by atoms with van der Waals surface area (Å²) in [6.45, 7) is 0. The second kappa shape index (κ2) is 5.86. The first-order chi connectivity index (χ1) is 10.2. The predicted molar refractivity (Wildman–Crippen MR) is 83.1 cm³/mol. The third-order valence-corrected chi connectivity index (χ3v) is 4.14. The maximum Gasteiger partial charge on any atom is 0.221 e. The average molecular weight is 301 g/mol. The minimum Gasteiger partial charge on any atom is -0.347 e. The van der Waals surface area contributed by atoms with Crippen molar-refractivity contribution in [2.75, 3.05) is 0 Å². The number of carbonyl (C=O) groups excluding carboxylic acids is 1. The fourth-order valence-corrected chi connectivity index (χ4v) is 2.64. The van der Waals surface area contributed by atoms with Crippen LogP contribution in [0.3, 0.4) is 0 Å². The Bertz CT molecular complexity index is 621. The van der Waals surface area contributed by atoms with Crippen LogP contribution in [0, 0.1) is 0 Å². The van der Waals surface area contributed by atoms with Crippen molar-refractivity contribution in [2.24, 2.45) is 0 Å². The Balaban J connectivity index is 1.58. The van der Waals surface area contributed by atoms with Crippen LogP contribution in [-0.4, -0.2) is 10.9 Å². The minimum atomic E-state index is -0.170. The van der Waals surface area contributed by atoms with Crippen LogP contribution in [-0.2, 0) is 16.8 Å². The lowest BCUT2D eigenvalue weighted by Crippen LogP contribution is -2.34. The molecule has 1 aromatic heterocycles. The topological polar surface area (TPSA) is 42.0 Å². The van der Waals surface area contributed by atoms with Crippen molar-refractivity contribution in [3.8, 4) is 0 Å². The van der Waals surface area contributed by atoms with E-state index in [1.807, 2.05) is 36.4 Å². The zero-order chi connectivity index (χ0) is 14.7. The maximum absolute atomic E-state index is 12.2. The van der Waals surface area contributed by atoms with Gasteiger partial charge in [-0.15, -0.1) is 0 Å². The average Bonchev–Trinajstić information content (AvgIpc) is 3.27. The van der Waals surface area contributed by atoms with E-state index in [1.165, 1.54) is 0 Å². The Labute approximate surface area is 129 Å². The van der Waals surface area contributed by atoms with Gasteiger partial charge in [-0.25, -0.2) is 0 Å². The molecular weight excluding hydrogens is 284 g/mol. The highest BCUT2D eigenvalue weighted by Gasteiger charge is 2.45. The Morgan fingerprint density at radius 2 is 2.00 bits per heavy atom. The molecule has 1 amide bonds. The summed E-state index contributed by atoms with van der Waals surface area (Å²) in [5, 5.41) is 3.89. The van der Waals surface area contributed by atoms with Gasteiger partial charge in [-0.1, -0.05) is 29.8 Å². The third kappa shape index (κ3) is 3.42. The summed E-state index contributed by atoms with van der Waals surface area (Å²) in [6, 6.07) is 11.6. The lowest BCUT2D eigenvalue weighted by Gasteiger charge is -2.18. The summed E-state index contributed by atoms with van der Waals surface area (Å²) in [4.78, 5) is 16.2. The van der Waals surface area contributed by atoms with Crippen LogP contribution in [0.5, 0.6) is 0 Å². The van der Waals surface area contributed by atoms with Gasteiger partial charge in [0.1, 0.15) is 0 Å².